The second-order valence-corrected chi connectivity index (χ2v) is 5.51. The lowest BCUT2D eigenvalue weighted by Gasteiger charge is -2.32. The molecule has 1 N–H and O–H groups in total. The van der Waals surface area contributed by atoms with Crippen molar-refractivity contribution in [1.82, 2.24) is 10.2 Å². The SMILES string of the molecule is CC1CCN(CCC2CCNCC2)CC1. The number of hydrogen-bond donors (Lipinski definition) is 1. The topological polar surface area (TPSA) is 15.3 Å². The van der Waals surface area contributed by atoms with Crippen molar-refractivity contribution < 1.29 is 0 Å². The average molecular weight is 210 g/mol. The molecule has 2 fully saturated rings. The third-order valence-electron chi connectivity index (χ3n) is 4.19. The van der Waals surface area contributed by atoms with E-state index in [1.54, 1.807) is 0 Å². The van der Waals surface area contributed by atoms with Gasteiger partial charge < -0.3 is 10.2 Å². The van der Waals surface area contributed by atoms with Crippen LogP contribution in [0.3, 0.4) is 0 Å². The standard InChI is InChI=1S/C13H26N2/c1-12-4-9-15(10-5-12)11-6-13-2-7-14-8-3-13/h12-14H,2-11H2,1H3. The van der Waals surface area contributed by atoms with Crippen LogP contribution in [-0.4, -0.2) is 37.6 Å². The molecule has 0 aromatic heterocycles. The zero-order chi connectivity index (χ0) is 10.5. The summed E-state index contributed by atoms with van der Waals surface area (Å²) >= 11 is 0. The van der Waals surface area contributed by atoms with Gasteiger partial charge in [-0.25, -0.2) is 0 Å². The van der Waals surface area contributed by atoms with Crippen LogP contribution in [0.5, 0.6) is 0 Å². The Morgan fingerprint density at radius 2 is 1.73 bits per heavy atom. The summed E-state index contributed by atoms with van der Waals surface area (Å²) in [6.07, 6.45) is 7.10. The van der Waals surface area contributed by atoms with Crippen LogP contribution < -0.4 is 5.32 Å². The molecule has 2 aliphatic rings. The largest absolute Gasteiger partial charge is 0.317 e. The fourth-order valence-corrected chi connectivity index (χ4v) is 2.82. The fraction of sp³-hybridized carbons (Fsp3) is 1.00. The summed E-state index contributed by atoms with van der Waals surface area (Å²) in [4.78, 5) is 2.68. The van der Waals surface area contributed by atoms with Crippen molar-refractivity contribution in [3.05, 3.63) is 0 Å². The Bertz CT molecular complexity index is 167. The van der Waals surface area contributed by atoms with E-state index in [4.69, 9.17) is 0 Å². The Morgan fingerprint density at radius 1 is 1.07 bits per heavy atom. The van der Waals surface area contributed by atoms with Gasteiger partial charge in [0.05, 0.1) is 0 Å². The molecule has 0 unspecified atom stereocenters. The Hall–Kier alpha value is -0.0800. The molecule has 15 heavy (non-hydrogen) atoms. The van der Waals surface area contributed by atoms with Crippen molar-refractivity contribution in [1.29, 1.82) is 0 Å². The van der Waals surface area contributed by atoms with Gasteiger partial charge in [0.15, 0.2) is 0 Å². The molecule has 0 saturated carbocycles. The van der Waals surface area contributed by atoms with E-state index in [9.17, 15) is 0 Å². The molecule has 0 aliphatic carbocycles. The number of nitrogens with one attached hydrogen (secondary N) is 1. The first-order valence-electron chi connectivity index (χ1n) is 6.77. The van der Waals surface area contributed by atoms with Crippen molar-refractivity contribution in [2.45, 2.75) is 39.0 Å². The van der Waals surface area contributed by atoms with Crippen molar-refractivity contribution in [2.75, 3.05) is 32.7 Å². The molecule has 2 rings (SSSR count). The van der Waals surface area contributed by atoms with E-state index in [-0.39, 0.29) is 0 Å². The lowest BCUT2D eigenvalue weighted by Crippen LogP contribution is -2.35. The van der Waals surface area contributed by atoms with Gasteiger partial charge in [0.1, 0.15) is 0 Å². The maximum Gasteiger partial charge on any atom is -0.00161 e. The third-order valence-corrected chi connectivity index (χ3v) is 4.19. The second kappa shape index (κ2) is 5.86. The van der Waals surface area contributed by atoms with Gasteiger partial charge in [-0.3, -0.25) is 0 Å². The molecule has 0 spiro atoms. The molecule has 2 nitrogen and oxygen atoms in total. The summed E-state index contributed by atoms with van der Waals surface area (Å²) in [6, 6.07) is 0. The first kappa shape index (κ1) is 11.4. The van der Waals surface area contributed by atoms with Gasteiger partial charge in [-0.05, 0) is 76.7 Å². The molecule has 88 valence electrons. The van der Waals surface area contributed by atoms with Gasteiger partial charge in [0, 0.05) is 0 Å². The molecule has 2 heteroatoms. The van der Waals surface area contributed by atoms with Crippen LogP contribution in [0, 0.1) is 11.8 Å². The first-order chi connectivity index (χ1) is 7.34. The fourth-order valence-electron chi connectivity index (χ4n) is 2.82. The first-order valence-corrected chi connectivity index (χ1v) is 6.77. The minimum absolute atomic E-state index is 0.972. The number of piperidine rings is 2. The maximum atomic E-state index is 3.44. The minimum atomic E-state index is 0.972. The van der Waals surface area contributed by atoms with Crippen LogP contribution >= 0.6 is 0 Å². The molecule has 0 atom stereocenters. The maximum absolute atomic E-state index is 3.44. The smallest absolute Gasteiger partial charge is 0.00161 e. The monoisotopic (exact) mass is 210 g/mol. The van der Waals surface area contributed by atoms with Gasteiger partial charge in [-0.2, -0.15) is 0 Å². The molecule has 0 amide bonds. The van der Waals surface area contributed by atoms with E-state index in [0.29, 0.717) is 0 Å². The molecule has 2 heterocycles. The highest BCUT2D eigenvalue weighted by Gasteiger charge is 2.18. The van der Waals surface area contributed by atoms with Crippen LogP contribution in [0.2, 0.25) is 0 Å². The number of likely N-dealkylation sites (tertiary alicyclic amines) is 1. The third kappa shape index (κ3) is 3.76. The van der Waals surface area contributed by atoms with Crippen LogP contribution in [0.4, 0.5) is 0 Å². The van der Waals surface area contributed by atoms with Crippen LogP contribution in [0.1, 0.15) is 39.0 Å². The summed E-state index contributed by atoms with van der Waals surface area (Å²) in [5, 5.41) is 3.44. The van der Waals surface area contributed by atoms with Crippen LogP contribution in [0.25, 0.3) is 0 Å². The van der Waals surface area contributed by atoms with Gasteiger partial charge in [-0.15, -0.1) is 0 Å². The van der Waals surface area contributed by atoms with Crippen molar-refractivity contribution in [3.63, 3.8) is 0 Å². The Labute approximate surface area is 94.4 Å². The highest BCUT2D eigenvalue weighted by Crippen LogP contribution is 2.20. The number of rotatable bonds is 3. The lowest BCUT2D eigenvalue weighted by molar-refractivity contribution is 0.175. The van der Waals surface area contributed by atoms with Crippen molar-refractivity contribution in [2.24, 2.45) is 11.8 Å². The predicted octanol–water partition coefficient (Wildman–Crippen LogP) is 2.11. The zero-order valence-corrected chi connectivity index (χ0v) is 10.2. The minimum Gasteiger partial charge on any atom is -0.317 e. The highest BCUT2D eigenvalue weighted by atomic mass is 15.1. The van der Waals surface area contributed by atoms with E-state index < -0.39 is 0 Å². The van der Waals surface area contributed by atoms with Gasteiger partial charge >= 0.3 is 0 Å². The Morgan fingerprint density at radius 3 is 2.40 bits per heavy atom. The highest BCUT2D eigenvalue weighted by molar-refractivity contribution is 4.73. The van der Waals surface area contributed by atoms with Gasteiger partial charge in [0.2, 0.25) is 0 Å². The second-order valence-electron chi connectivity index (χ2n) is 5.51. The van der Waals surface area contributed by atoms with E-state index in [1.807, 2.05) is 0 Å². The molecule has 0 radical (unpaired) electrons. The Balaban J connectivity index is 1.60. The van der Waals surface area contributed by atoms with Gasteiger partial charge in [-0.1, -0.05) is 6.92 Å². The van der Waals surface area contributed by atoms with Crippen LogP contribution in [0.15, 0.2) is 0 Å². The number of nitrogens with zero attached hydrogens (tertiary/aromatic N) is 1. The molecule has 0 aromatic rings. The summed E-state index contributed by atoms with van der Waals surface area (Å²) < 4.78 is 0. The van der Waals surface area contributed by atoms with E-state index in [0.717, 1.165) is 11.8 Å². The van der Waals surface area contributed by atoms with E-state index in [1.165, 1.54) is 64.8 Å². The van der Waals surface area contributed by atoms with Gasteiger partial charge in [0.25, 0.3) is 0 Å². The summed E-state index contributed by atoms with van der Waals surface area (Å²) in [5.74, 6) is 1.98. The normalized spacial score (nSPS) is 27.0. The Kier molecular flexibility index (Phi) is 4.45. The number of hydrogen-bond acceptors (Lipinski definition) is 2. The van der Waals surface area contributed by atoms with Crippen LogP contribution in [-0.2, 0) is 0 Å². The summed E-state index contributed by atoms with van der Waals surface area (Å²) in [6.45, 7) is 8.96. The zero-order valence-electron chi connectivity index (χ0n) is 10.2. The van der Waals surface area contributed by atoms with Crippen molar-refractivity contribution in [3.8, 4) is 0 Å². The predicted molar refractivity (Wildman–Crippen MR) is 65.0 cm³/mol. The molecule has 2 aliphatic heterocycles. The molecule has 2 saturated heterocycles. The molecular formula is C13H26N2. The van der Waals surface area contributed by atoms with E-state index in [2.05, 4.69) is 17.1 Å². The summed E-state index contributed by atoms with van der Waals surface area (Å²) in [7, 11) is 0. The quantitative estimate of drug-likeness (QED) is 0.767. The average Bonchev–Trinajstić information content (AvgIpc) is 2.30. The molecular weight excluding hydrogens is 184 g/mol. The molecule has 0 aromatic carbocycles. The van der Waals surface area contributed by atoms with E-state index >= 15 is 0 Å². The lowest BCUT2D eigenvalue weighted by atomic mass is 9.93. The summed E-state index contributed by atoms with van der Waals surface area (Å²) in [5.41, 5.74) is 0. The molecule has 0 bridgehead atoms. The van der Waals surface area contributed by atoms with Crippen molar-refractivity contribution >= 4 is 0 Å².